The number of aliphatic hydroxyl groups is 1. The Balaban J connectivity index is 0.655. The van der Waals surface area contributed by atoms with Gasteiger partial charge in [-0.2, -0.15) is 0 Å². The lowest BCUT2D eigenvalue weighted by molar-refractivity contribution is -0.384. The number of benzene rings is 4. The molecule has 6 heterocycles. The van der Waals surface area contributed by atoms with Crippen LogP contribution >= 0.6 is 22.9 Å². The van der Waals surface area contributed by atoms with Crippen LogP contribution in [0.4, 0.5) is 17.1 Å². The molecule has 0 saturated carbocycles. The van der Waals surface area contributed by atoms with E-state index in [0.717, 1.165) is 123 Å². The highest BCUT2D eigenvalue weighted by Crippen LogP contribution is 2.44. The number of ether oxygens (including phenoxy) is 1. The first-order chi connectivity index (χ1) is 46.8. The number of aromatic nitrogens is 3. The Morgan fingerprint density at radius 1 is 0.908 bits per heavy atom. The molecule has 3 fully saturated rings. The number of pyridine rings is 1. The van der Waals surface area contributed by atoms with Crippen LogP contribution in [0.1, 0.15) is 126 Å². The van der Waals surface area contributed by atoms with Crippen LogP contribution in [-0.4, -0.2) is 155 Å². The maximum absolute atomic E-state index is 14.2. The molecule has 3 aliphatic heterocycles. The van der Waals surface area contributed by atoms with Crippen molar-refractivity contribution in [3.8, 4) is 21.9 Å². The number of carbonyl (C=O) groups is 4. The van der Waals surface area contributed by atoms with Gasteiger partial charge in [0.25, 0.3) is 21.6 Å². The number of piperidine rings is 1. The van der Waals surface area contributed by atoms with Crippen molar-refractivity contribution in [2.24, 2.45) is 16.7 Å². The van der Waals surface area contributed by atoms with Crippen molar-refractivity contribution in [2.45, 2.75) is 135 Å². The third-order valence-corrected chi connectivity index (χ3v) is 21.9. The normalized spacial score (nSPS) is 18.9. The minimum Gasteiger partial charge on any atom is -0.455 e. The van der Waals surface area contributed by atoms with Gasteiger partial charge in [-0.25, -0.2) is 23.1 Å². The van der Waals surface area contributed by atoms with E-state index in [0.29, 0.717) is 42.5 Å². The van der Waals surface area contributed by atoms with E-state index in [1.165, 1.54) is 46.0 Å². The van der Waals surface area contributed by atoms with Crippen LogP contribution in [0.15, 0.2) is 125 Å². The van der Waals surface area contributed by atoms with Crippen LogP contribution < -0.4 is 30.3 Å². The molecule has 6 N–H and O–H groups in total. The fourth-order valence-corrected chi connectivity index (χ4v) is 15.7. The molecule has 4 aliphatic rings. The van der Waals surface area contributed by atoms with Gasteiger partial charge in [-0.05, 0) is 153 Å². The molecule has 4 amide bonds. The summed E-state index contributed by atoms with van der Waals surface area (Å²) < 4.78 is 36.7. The van der Waals surface area contributed by atoms with Gasteiger partial charge in [-0.3, -0.25) is 34.2 Å². The van der Waals surface area contributed by atoms with Gasteiger partial charge in [0.1, 0.15) is 34.9 Å². The van der Waals surface area contributed by atoms with E-state index in [1.54, 1.807) is 35.7 Å². The molecule has 7 aromatic rings. The van der Waals surface area contributed by atoms with Gasteiger partial charge >= 0.3 is 0 Å². The Kier molecular flexibility index (Phi) is 22.4. The number of H-pyrrole nitrogens is 1. The number of likely N-dealkylation sites (tertiary alicyclic amines) is 2. The quantitative estimate of drug-likeness (QED) is 0.0176. The van der Waals surface area contributed by atoms with Crippen molar-refractivity contribution in [1.29, 1.82) is 0 Å². The van der Waals surface area contributed by atoms with Crippen molar-refractivity contribution in [3.63, 3.8) is 0 Å². The first-order valence-electron chi connectivity index (χ1n) is 33.9. The topological polar surface area (TPSA) is 278 Å². The number of allylic oxidation sites excluding steroid dienone is 1. The molecule has 1 unspecified atom stereocenters. The molecule has 0 radical (unpaired) electrons. The van der Waals surface area contributed by atoms with E-state index in [-0.39, 0.29) is 66.1 Å². The highest BCUT2D eigenvalue weighted by molar-refractivity contribution is 7.90. The number of hydrogen-bond acceptors (Lipinski definition) is 17. The number of β-amino-alcohol motifs (C(OH)–C–C–N with tert-alkyl or cyclic N) is 1. The third-order valence-electron chi connectivity index (χ3n) is 19.3. The average molecular weight is 1390 g/mol. The van der Waals surface area contributed by atoms with Gasteiger partial charge in [-0.15, -0.1) is 11.3 Å². The van der Waals surface area contributed by atoms with Gasteiger partial charge in [0.05, 0.1) is 43.8 Å². The fourth-order valence-electron chi connectivity index (χ4n) is 13.8. The van der Waals surface area contributed by atoms with E-state index in [4.69, 9.17) is 16.3 Å². The number of carbonyl (C=O) groups excluding carboxylic acids is 4. The maximum Gasteiger partial charge on any atom is 0.293 e. The van der Waals surface area contributed by atoms with Gasteiger partial charge in [0.15, 0.2) is 0 Å². The standard InChI is InChI=1S/C73H89ClN12O10S2/c1-47-66(97-46-79-47)51-15-13-48(14-16-51)40-78-70(90)63-37-56(87)45-85(63)71(91)67(72(2,3)4)80-65(88)12-8-7-9-29-82-30-10-11-49(43-82)41-76-61-24-22-58(38-62(61)86(92)93)98(94,95)81-69(89)59-23-21-55(36-64(59)96-57-35-52-26-28-75-68(52)77-42-57)84-33-31-83(32-34-84)44-53-25-27-73(5,6)39-60(53)50-17-19-54(74)20-18-50/h13-24,26,28,35-36,38,42,46,49,56,63,67,76,87H,7-12,25,27,29-34,37,39-41,43-45H2,1-6H3,(H,75,77)(H,78,90)(H,80,88)(H,81,89)/t49?,56-,63+,67-/m1/s1. The van der Waals surface area contributed by atoms with E-state index in [1.807, 2.05) is 75.7 Å². The van der Waals surface area contributed by atoms with Gasteiger partial charge in [0.2, 0.25) is 17.7 Å². The lowest BCUT2D eigenvalue weighted by Gasteiger charge is -2.39. The molecule has 3 saturated heterocycles. The molecule has 0 bridgehead atoms. The molecular weight excluding hydrogens is 1300 g/mol. The number of fused-ring (bicyclic) bond motifs is 1. The van der Waals surface area contributed by atoms with Crippen LogP contribution in [0.2, 0.25) is 5.02 Å². The predicted molar refractivity (Wildman–Crippen MR) is 383 cm³/mol. The number of nitro groups is 1. The Labute approximate surface area is 582 Å². The summed E-state index contributed by atoms with van der Waals surface area (Å²) in [5, 5.41) is 33.9. The zero-order valence-corrected chi connectivity index (χ0v) is 59.0. The number of unbranched alkanes of at least 4 members (excludes halogenated alkanes) is 2. The number of hydrogen-bond donors (Lipinski definition) is 6. The van der Waals surface area contributed by atoms with Crippen LogP contribution in [0, 0.1) is 33.8 Å². The molecule has 4 atom stereocenters. The number of rotatable bonds is 25. The molecular formula is C73H89ClN12O10S2. The molecule has 11 rings (SSSR count). The summed E-state index contributed by atoms with van der Waals surface area (Å²) in [5.41, 5.74) is 9.28. The summed E-state index contributed by atoms with van der Waals surface area (Å²) in [6.45, 7) is 19.0. The number of aryl methyl sites for hydroxylation is 1. The first kappa shape index (κ1) is 71.0. The number of nitrogens with zero attached hydrogens (tertiary/aromatic N) is 7. The number of thiazole rings is 1. The number of nitro benzene ring substituents is 1. The van der Waals surface area contributed by atoms with Crippen molar-refractivity contribution < 1.29 is 42.4 Å². The summed E-state index contributed by atoms with van der Waals surface area (Å²) in [4.78, 5) is 88.4. The molecule has 98 heavy (non-hydrogen) atoms. The Hall–Kier alpha value is -8.26. The van der Waals surface area contributed by atoms with Gasteiger partial charge in [-0.1, -0.05) is 94.6 Å². The molecule has 25 heteroatoms. The number of anilines is 2. The Morgan fingerprint density at radius 2 is 1.67 bits per heavy atom. The molecule has 22 nitrogen and oxygen atoms in total. The SMILES string of the molecule is Cc1ncsc1-c1ccc(CNC(=O)[C@@H]2C[C@@H](O)CN2C(=O)[C@@H](NC(=O)CCCCCN2CCCC(CNc3ccc(S(=O)(=O)NC(=O)c4ccc(N5CCN(CC6=C(c7ccc(Cl)cc7)CC(C)(C)CC6)CC5)cc4Oc4cnc5[nH]ccc5c4)cc3[N+](=O)[O-])C2)C(C)(C)C)cc1. The van der Waals surface area contributed by atoms with Crippen LogP contribution in [-0.2, 0) is 31.0 Å². The number of nitrogens with one attached hydrogen (secondary N) is 5. The lowest BCUT2D eigenvalue weighted by atomic mass is 9.72. The monoisotopic (exact) mass is 1390 g/mol. The first-order valence-corrected chi connectivity index (χ1v) is 36.6. The Bertz CT molecular complexity index is 4180. The minimum absolute atomic E-state index is 0.0201. The van der Waals surface area contributed by atoms with Gasteiger partial charge in [0, 0.05) is 106 Å². The van der Waals surface area contributed by atoms with E-state index in [2.05, 4.69) is 76.3 Å². The van der Waals surface area contributed by atoms with E-state index < -0.39 is 60.9 Å². The van der Waals surface area contributed by atoms with Crippen molar-refractivity contribution in [2.75, 3.05) is 75.7 Å². The van der Waals surface area contributed by atoms with Crippen LogP contribution in [0.5, 0.6) is 11.5 Å². The summed E-state index contributed by atoms with van der Waals surface area (Å²) >= 11 is 7.85. The van der Waals surface area contributed by atoms with Gasteiger partial charge < -0.3 is 45.5 Å². The molecule has 3 aromatic heterocycles. The number of aliphatic hydroxyl groups excluding tert-OH is 1. The molecule has 520 valence electrons. The van der Waals surface area contributed by atoms with Crippen molar-refractivity contribution in [3.05, 3.63) is 158 Å². The molecule has 1 aliphatic carbocycles. The highest BCUT2D eigenvalue weighted by atomic mass is 35.5. The van der Waals surface area contributed by atoms with Crippen molar-refractivity contribution in [1.82, 2.24) is 45.0 Å². The summed E-state index contributed by atoms with van der Waals surface area (Å²) in [5.74, 6) is -1.50. The zero-order valence-electron chi connectivity index (χ0n) is 56.6. The maximum atomic E-state index is 14.2. The second kappa shape index (κ2) is 30.9. The van der Waals surface area contributed by atoms with E-state index in [9.17, 15) is 42.8 Å². The Morgan fingerprint density at radius 3 is 2.41 bits per heavy atom. The predicted octanol–water partition coefficient (Wildman–Crippen LogP) is 11.7. The number of halogens is 1. The smallest absolute Gasteiger partial charge is 0.293 e. The number of piperazine rings is 1. The van der Waals surface area contributed by atoms with Crippen LogP contribution in [0.3, 0.4) is 0 Å². The van der Waals surface area contributed by atoms with Crippen molar-refractivity contribution >= 4 is 90.3 Å². The highest BCUT2D eigenvalue weighted by Gasteiger charge is 2.45. The summed E-state index contributed by atoms with van der Waals surface area (Å²) in [7, 11) is -4.66. The zero-order chi connectivity index (χ0) is 69.5. The second-order valence-electron chi connectivity index (χ2n) is 28.4. The third kappa shape index (κ3) is 17.8. The molecule has 4 aromatic carbocycles. The summed E-state index contributed by atoms with van der Waals surface area (Å²) in [6, 6.07) is 26.4. The largest absolute Gasteiger partial charge is 0.455 e. The van der Waals surface area contributed by atoms with E-state index >= 15 is 0 Å². The number of aromatic amines is 1. The number of sulfonamides is 1. The average Bonchev–Trinajstić information content (AvgIpc) is 1.12. The lowest BCUT2D eigenvalue weighted by Crippen LogP contribution is -2.57. The summed E-state index contributed by atoms with van der Waals surface area (Å²) in [6.07, 6.45) is 9.74. The minimum atomic E-state index is -4.66. The second-order valence-corrected chi connectivity index (χ2v) is 31.4. The molecule has 0 spiro atoms. The van der Waals surface area contributed by atoms with Crippen LogP contribution in [0.25, 0.3) is 27.0 Å². The fraction of sp³-hybridized carbons (Fsp3) is 0.452. The number of amides is 4.